The Hall–Kier alpha value is -2.37. The lowest BCUT2D eigenvalue weighted by Gasteiger charge is -2.13. The first-order chi connectivity index (χ1) is 14.3. The first kappa shape index (κ1) is 24.9. The van der Waals surface area contributed by atoms with Gasteiger partial charge in [-0.1, -0.05) is 6.07 Å². The molecule has 0 aliphatic carbocycles. The van der Waals surface area contributed by atoms with Crippen LogP contribution < -0.4 is 14.8 Å². The second-order valence-corrected chi connectivity index (χ2v) is 8.77. The highest BCUT2D eigenvalue weighted by atomic mass is 32.2. The third-order valence-corrected chi connectivity index (χ3v) is 6.45. The van der Waals surface area contributed by atoms with Gasteiger partial charge in [-0.2, -0.15) is 22.3 Å². The van der Waals surface area contributed by atoms with Crippen molar-refractivity contribution in [2.24, 2.45) is 5.92 Å². The lowest BCUT2D eigenvalue weighted by molar-refractivity contribution is -0.0498. The maximum Gasteiger partial charge on any atom is 0.387 e. The van der Waals surface area contributed by atoms with Crippen LogP contribution in [0.4, 0.5) is 14.5 Å². The van der Waals surface area contributed by atoms with Crippen molar-refractivity contribution in [2.45, 2.75) is 17.9 Å². The van der Waals surface area contributed by atoms with Crippen LogP contribution in [0.2, 0.25) is 0 Å². The number of sulfone groups is 1. The van der Waals surface area contributed by atoms with E-state index in [0.29, 0.717) is 19.6 Å². The van der Waals surface area contributed by atoms with Gasteiger partial charge in [0.1, 0.15) is 11.5 Å². The highest BCUT2D eigenvalue weighted by Gasteiger charge is 2.26. The summed E-state index contributed by atoms with van der Waals surface area (Å²) in [6.45, 7) is -2.08. The number of amides is 1. The van der Waals surface area contributed by atoms with E-state index in [-0.39, 0.29) is 52.8 Å². The van der Waals surface area contributed by atoms with Crippen LogP contribution in [0, 0.1) is 5.92 Å². The molecule has 3 rings (SSSR count). The molecule has 1 aliphatic rings. The summed E-state index contributed by atoms with van der Waals surface area (Å²) in [5.74, 6) is -0.761. The van der Waals surface area contributed by atoms with Gasteiger partial charge in [0, 0.05) is 18.4 Å². The van der Waals surface area contributed by atoms with Gasteiger partial charge < -0.3 is 19.5 Å². The van der Waals surface area contributed by atoms with Crippen LogP contribution in [0.1, 0.15) is 16.8 Å². The van der Waals surface area contributed by atoms with Gasteiger partial charge in [-0.25, -0.2) is 8.42 Å². The quantitative estimate of drug-likeness (QED) is 0.629. The standard InChI is InChI=1S/C20H21F2NO6S.H2S/c1-27-18-6-5-16(30(25,26)12-13-7-8-28-11-13)10-17(18)19(24)23-14-3-2-4-15(9-14)29-20(21)22;/h2-6,9-10,13,20H,7-8,11-12H2,1H3,(H,23,24);1H2/t13-;/m0./s1. The van der Waals surface area contributed by atoms with Crippen LogP contribution in [0.3, 0.4) is 0 Å². The molecule has 1 fully saturated rings. The fourth-order valence-corrected chi connectivity index (χ4v) is 4.78. The molecule has 1 amide bonds. The fourth-order valence-electron chi connectivity index (χ4n) is 3.13. The second-order valence-electron chi connectivity index (χ2n) is 6.73. The molecule has 1 heterocycles. The van der Waals surface area contributed by atoms with Crippen molar-refractivity contribution in [1.82, 2.24) is 0 Å². The van der Waals surface area contributed by atoms with Gasteiger partial charge in [-0.05, 0) is 42.7 Å². The van der Waals surface area contributed by atoms with E-state index in [1.54, 1.807) is 0 Å². The summed E-state index contributed by atoms with van der Waals surface area (Å²) in [7, 11) is -2.28. The topological polar surface area (TPSA) is 90.9 Å². The number of carbonyl (C=O) groups is 1. The van der Waals surface area contributed by atoms with Crippen LogP contribution in [-0.2, 0) is 14.6 Å². The Bertz CT molecular complexity index is 1010. The van der Waals surface area contributed by atoms with Crippen molar-refractivity contribution < 1.29 is 36.2 Å². The minimum atomic E-state index is -3.64. The highest BCUT2D eigenvalue weighted by molar-refractivity contribution is 7.91. The van der Waals surface area contributed by atoms with Gasteiger partial charge in [0.2, 0.25) is 0 Å². The predicted octanol–water partition coefficient (Wildman–Crippen LogP) is 3.47. The highest BCUT2D eigenvalue weighted by Crippen LogP contribution is 2.27. The number of methoxy groups -OCH3 is 1. The van der Waals surface area contributed by atoms with E-state index in [1.807, 2.05) is 0 Å². The monoisotopic (exact) mass is 475 g/mol. The Kier molecular flexibility index (Phi) is 8.66. The molecule has 0 radical (unpaired) electrons. The first-order valence-electron chi connectivity index (χ1n) is 9.13. The minimum absolute atomic E-state index is 0. The summed E-state index contributed by atoms with van der Waals surface area (Å²) < 4.78 is 65.0. The van der Waals surface area contributed by atoms with E-state index in [4.69, 9.17) is 9.47 Å². The number of hydrogen-bond donors (Lipinski definition) is 1. The Morgan fingerprint density at radius 3 is 2.68 bits per heavy atom. The molecule has 170 valence electrons. The molecular weight excluding hydrogens is 452 g/mol. The maximum absolute atomic E-state index is 12.8. The Morgan fingerprint density at radius 1 is 1.26 bits per heavy atom. The van der Waals surface area contributed by atoms with Crippen LogP contribution in [0.25, 0.3) is 0 Å². The normalized spacial score (nSPS) is 15.9. The minimum Gasteiger partial charge on any atom is -0.496 e. The van der Waals surface area contributed by atoms with Gasteiger partial charge in [0.15, 0.2) is 9.84 Å². The van der Waals surface area contributed by atoms with E-state index in [2.05, 4.69) is 10.1 Å². The smallest absolute Gasteiger partial charge is 0.387 e. The largest absolute Gasteiger partial charge is 0.496 e. The van der Waals surface area contributed by atoms with E-state index in [9.17, 15) is 22.0 Å². The van der Waals surface area contributed by atoms with E-state index in [0.717, 1.165) is 0 Å². The predicted molar refractivity (Wildman–Crippen MR) is 115 cm³/mol. The number of rotatable bonds is 8. The molecule has 1 saturated heterocycles. The van der Waals surface area contributed by atoms with Gasteiger partial charge in [-0.15, -0.1) is 0 Å². The number of hydrogen-bond acceptors (Lipinski definition) is 6. The molecule has 0 unspecified atom stereocenters. The fraction of sp³-hybridized carbons (Fsp3) is 0.350. The molecule has 0 saturated carbocycles. The van der Waals surface area contributed by atoms with Gasteiger partial charge >= 0.3 is 6.61 Å². The van der Waals surface area contributed by atoms with Crippen molar-refractivity contribution in [3.8, 4) is 11.5 Å². The van der Waals surface area contributed by atoms with Crippen LogP contribution in [0.5, 0.6) is 11.5 Å². The van der Waals surface area contributed by atoms with Gasteiger partial charge in [-0.3, -0.25) is 4.79 Å². The number of halogens is 2. The van der Waals surface area contributed by atoms with E-state index >= 15 is 0 Å². The van der Waals surface area contributed by atoms with Crippen molar-refractivity contribution in [2.75, 3.05) is 31.4 Å². The molecule has 1 atom stereocenters. The van der Waals surface area contributed by atoms with Crippen LogP contribution in [-0.4, -0.2) is 47.0 Å². The molecule has 1 aliphatic heterocycles. The molecule has 2 aromatic carbocycles. The average molecular weight is 476 g/mol. The number of alkyl halides is 2. The summed E-state index contributed by atoms with van der Waals surface area (Å²) in [4.78, 5) is 12.8. The van der Waals surface area contributed by atoms with Crippen molar-refractivity contribution in [3.05, 3.63) is 48.0 Å². The molecule has 1 N–H and O–H groups in total. The van der Waals surface area contributed by atoms with Gasteiger partial charge in [0.25, 0.3) is 5.91 Å². The first-order valence-corrected chi connectivity index (χ1v) is 10.8. The summed E-state index contributed by atoms with van der Waals surface area (Å²) in [5, 5.41) is 2.54. The molecule has 7 nitrogen and oxygen atoms in total. The van der Waals surface area contributed by atoms with Gasteiger partial charge in [0.05, 0.1) is 29.9 Å². The number of nitrogens with one attached hydrogen (secondary N) is 1. The summed E-state index contributed by atoms with van der Waals surface area (Å²) in [6.07, 6.45) is 0.666. The van der Waals surface area contributed by atoms with E-state index in [1.165, 1.54) is 49.6 Å². The van der Waals surface area contributed by atoms with Crippen molar-refractivity contribution >= 4 is 34.9 Å². The molecule has 0 bridgehead atoms. The van der Waals surface area contributed by atoms with Crippen LogP contribution in [0.15, 0.2) is 47.4 Å². The molecule has 2 aromatic rings. The third kappa shape index (κ3) is 6.55. The molecular formula is C20H23F2NO6S2. The average Bonchev–Trinajstić information content (AvgIpc) is 3.19. The zero-order valence-electron chi connectivity index (χ0n) is 16.6. The van der Waals surface area contributed by atoms with E-state index < -0.39 is 22.4 Å². The lowest BCUT2D eigenvalue weighted by Crippen LogP contribution is -2.18. The van der Waals surface area contributed by atoms with Crippen molar-refractivity contribution in [3.63, 3.8) is 0 Å². The number of ether oxygens (including phenoxy) is 3. The SMILES string of the molecule is COc1ccc(S(=O)(=O)C[C@H]2CCOC2)cc1C(=O)Nc1cccc(OC(F)F)c1.S. The molecule has 11 heteroatoms. The molecule has 0 spiro atoms. The zero-order valence-corrected chi connectivity index (χ0v) is 18.5. The molecule has 0 aromatic heterocycles. The second kappa shape index (κ2) is 10.8. The van der Waals surface area contributed by atoms with Crippen molar-refractivity contribution in [1.29, 1.82) is 0 Å². The Morgan fingerprint density at radius 2 is 2.03 bits per heavy atom. The maximum atomic E-state index is 12.8. The third-order valence-electron chi connectivity index (χ3n) is 4.57. The summed E-state index contributed by atoms with van der Waals surface area (Å²) in [5.41, 5.74) is 0.206. The number of anilines is 1. The Labute approximate surface area is 186 Å². The summed E-state index contributed by atoms with van der Waals surface area (Å²) in [6, 6.07) is 9.53. The van der Waals surface area contributed by atoms with Crippen LogP contribution >= 0.6 is 13.5 Å². The lowest BCUT2D eigenvalue weighted by atomic mass is 10.1. The zero-order chi connectivity index (χ0) is 21.7. The number of carbonyl (C=O) groups excluding carboxylic acids is 1. The number of benzene rings is 2. The summed E-state index contributed by atoms with van der Waals surface area (Å²) >= 11 is 0. The molecule has 31 heavy (non-hydrogen) atoms. The Balaban J connectivity index is 0.00000341.